The quantitative estimate of drug-likeness (QED) is 0.158. The van der Waals surface area contributed by atoms with Crippen LogP contribution in [0.2, 0.25) is 0 Å². The van der Waals surface area contributed by atoms with Crippen LogP contribution < -0.4 is 4.90 Å². The van der Waals surface area contributed by atoms with Crippen LogP contribution in [0.3, 0.4) is 0 Å². The van der Waals surface area contributed by atoms with E-state index in [0.717, 1.165) is 24.2 Å². The number of nitrogens with zero attached hydrogens (tertiary/aromatic N) is 2. The lowest BCUT2D eigenvalue weighted by Gasteiger charge is -2.27. The summed E-state index contributed by atoms with van der Waals surface area (Å²) in [6.45, 7) is 0. The van der Waals surface area contributed by atoms with Gasteiger partial charge >= 0.3 is 0 Å². The zero-order valence-corrected chi connectivity index (χ0v) is 34.2. The molecule has 2 aromatic heterocycles. The van der Waals surface area contributed by atoms with Gasteiger partial charge in [-0.15, -0.1) is 11.3 Å². The van der Waals surface area contributed by atoms with Gasteiger partial charge in [-0.1, -0.05) is 152 Å². The fourth-order valence-corrected chi connectivity index (χ4v) is 11.5. The van der Waals surface area contributed by atoms with E-state index in [-0.39, 0.29) is 0 Å². The van der Waals surface area contributed by atoms with Crippen LogP contribution in [0.5, 0.6) is 0 Å². The molecule has 0 radical (unpaired) electrons. The summed E-state index contributed by atoms with van der Waals surface area (Å²) in [5.74, 6) is 0. The number of allylic oxidation sites excluding steroid dienone is 1. The summed E-state index contributed by atoms with van der Waals surface area (Å²) in [6.07, 6.45) is 6.76. The third-order valence-electron chi connectivity index (χ3n) is 13.0. The second-order valence-corrected chi connectivity index (χ2v) is 17.4. The zero-order chi connectivity index (χ0) is 40.0. The van der Waals surface area contributed by atoms with Gasteiger partial charge in [0.25, 0.3) is 0 Å². The van der Waals surface area contributed by atoms with Crippen molar-refractivity contribution in [2.24, 2.45) is 0 Å². The molecule has 1 aliphatic rings. The molecule has 10 aromatic carbocycles. The highest BCUT2D eigenvalue weighted by Crippen LogP contribution is 2.47. The molecule has 2 nitrogen and oxygen atoms in total. The normalized spacial score (nSPS) is 12.7. The summed E-state index contributed by atoms with van der Waals surface area (Å²) in [7, 11) is 0. The van der Waals surface area contributed by atoms with Gasteiger partial charge < -0.3 is 9.47 Å². The van der Waals surface area contributed by atoms with Crippen molar-refractivity contribution in [3.05, 3.63) is 211 Å². The first kappa shape index (κ1) is 34.4. The van der Waals surface area contributed by atoms with Crippen LogP contribution in [0.15, 0.2) is 200 Å². The van der Waals surface area contributed by atoms with Crippen molar-refractivity contribution in [1.29, 1.82) is 0 Å². The lowest BCUT2D eigenvalue weighted by atomic mass is 9.94. The monoisotopic (exact) mass is 794 g/mol. The van der Waals surface area contributed by atoms with E-state index in [1.807, 2.05) is 11.3 Å². The molecule has 0 N–H and O–H groups in total. The Hall–Kier alpha value is -7.46. The molecule has 0 unspecified atom stereocenters. The Morgan fingerprint density at radius 1 is 0.443 bits per heavy atom. The molecule has 286 valence electrons. The van der Waals surface area contributed by atoms with Gasteiger partial charge in [0.15, 0.2) is 0 Å². The van der Waals surface area contributed by atoms with Crippen LogP contribution in [0.25, 0.3) is 97.1 Å². The molecule has 2 heterocycles. The largest absolute Gasteiger partial charge is 0.312 e. The van der Waals surface area contributed by atoms with Gasteiger partial charge in [-0.3, -0.25) is 0 Å². The first-order valence-electron chi connectivity index (χ1n) is 21.2. The van der Waals surface area contributed by atoms with Crippen LogP contribution in [0, 0.1) is 0 Å². The molecule has 0 bridgehead atoms. The van der Waals surface area contributed by atoms with Crippen molar-refractivity contribution in [3.63, 3.8) is 0 Å². The van der Waals surface area contributed by atoms with Gasteiger partial charge in [0, 0.05) is 48.9 Å². The van der Waals surface area contributed by atoms with E-state index < -0.39 is 0 Å². The average molecular weight is 795 g/mol. The molecule has 12 aromatic rings. The molecule has 0 saturated carbocycles. The molecule has 0 amide bonds. The minimum Gasteiger partial charge on any atom is -0.312 e. The van der Waals surface area contributed by atoms with E-state index in [1.165, 1.54) is 108 Å². The zero-order valence-electron chi connectivity index (χ0n) is 33.3. The summed E-state index contributed by atoms with van der Waals surface area (Å²) in [6, 6.07) is 72.1. The lowest BCUT2D eigenvalue weighted by Crippen LogP contribution is -2.10. The summed E-state index contributed by atoms with van der Waals surface area (Å²) in [5.41, 5.74) is 11.1. The minimum atomic E-state index is 1.02. The van der Waals surface area contributed by atoms with E-state index in [1.54, 1.807) is 0 Å². The first-order valence-corrected chi connectivity index (χ1v) is 22.0. The van der Waals surface area contributed by atoms with Crippen LogP contribution in [0.4, 0.5) is 17.1 Å². The molecule has 3 heteroatoms. The van der Waals surface area contributed by atoms with Crippen molar-refractivity contribution in [2.75, 3.05) is 4.90 Å². The summed E-state index contributed by atoms with van der Waals surface area (Å²) >= 11 is 1.88. The molecule has 1 aliphatic carbocycles. The predicted octanol–water partition coefficient (Wildman–Crippen LogP) is 16.7. The Kier molecular flexibility index (Phi) is 7.64. The van der Waals surface area contributed by atoms with Crippen LogP contribution >= 0.6 is 11.3 Å². The van der Waals surface area contributed by atoms with Crippen LogP contribution in [-0.4, -0.2) is 4.57 Å². The first-order chi connectivity index (χ1) is 30.3. The highest BCUT2D eigenvalue weighted by Gasteiger charge is 2.22. The Morgan fingerprint density at radius 3 is 1.87 bits per heavy atom. The maximum atomic E-state index is 2.52. The molecule has 0 aliphatic heterocycles. The van der Waals surface area contributed by atoms with Gasteiger partial charge in [-0.05, 0) is 116 Å². The lowest BCUT2D eigenvalue weighted by molar-refractivity contribution is 0.892. The Labute approximate surface area is 357 Å². The van der Waals surface area contributed by atoms with E-state index >= 15 is 0 Å². The molecule has 61 heavy (non-hydrogen) atoms. The molecular weight excluding hydrogens is 757 g/mol. The Bertz CT molecular complexity index is 3730. The van der Waals surface area contributed by atoms with E-state index in [4.69, 9.17) is 0 Å². The number of anilines is 3. The van der Waals surface area contributed by atoms with E-state index in [9.17, 15) is 0 Å². The van der Waals surface area contributed by atoms with Crippen molar-refractivity contribution >= 4 is 109 Å². The summed E-state index contributed by atoms with van der Waals surface area (Å²) < 4.78 is 5.11. The fraction of sp³-hybridized carbons (Fsp3) is 0.0345. The number of thiophene rings is 1. The Balaban J connectivity index is 0.982. The molecule has 0 spiro atoms. The van der Waals surface area contributed by atoms with Gasteiger partial charge in [0.1, 0.15) is 0 Å². The van der Waals surface area contributed by atoms with Crippen molar-refractivity contribution in [1.82, 2.24) is 4.57 Å². The molecule has 0 atom stereocenters. The topological polar surface area (TPSA) is 8.17 Å². The molecule has 0 fully saturated rings. The van der Waals surface area contributed by atoms with E-state index in [2.05, 4.69) is 216 Å². The molecule has 0 saturated heterocycles. The van der Waals surface area contributed by atoms with Gasteiger partial charge in [0.2, 0.25) is 0 Å². The van der Waals surface area contributed by atoms with Crippen LogP contribution in [-0.2, 0) is 6.42 Å². The van der Waals surface area contributed by atoms with Gasteiger partial charge in [-0.25, -0.2) is 0 Å². The predicted molar refractivity (Wildman–Crippen MR) is 264 cm³/mol. The third-order valence-corrected chi connectivity index (χ3v) is 14.2. The number of fused-ring (bicyclic) bond motifs is 13. The maximum Gasteiger partial charge on any atom is 0.0640 e. The summed E-state index contributed by atoms with van der Waals surface area (Å²) in [4.78, 5) is 2.47. The fourth-order valence-electron chi connectivity index (χ4n) is 10.3. The van der Waals surface area contributed by atoms with Crippen molar-refractivity contribution in [2.45, 2.75) is 12.8 Å². The second kappa shape index (κ2) is 13.5. The van der Waals surface area contributed by atoms with E-state index in [0.29, 0.717) is 0 Å². The Morgan fingerprint density at radius 2 is 1.07 bits per heavy atom. The van der Waals surface area contributed by atoms with Crippen LogP contribution in [0.1, 0.15) is 17.7 Å². The molecule has 13 rings (SSSR count). The van der Waals surface area contributed by atoms with Crippen molar-refractivity contribution < 1.29 is 0 Å². The number of hydrogen-bond acceptors (Lipinski definition) is 2. The highest BCUT2D eigenvalue weighted by molar-refractivity contribution is 7.26. The maximum absolute atomic E-state index is 2.52. The van der Waals surface area contributed by atoms with Crippen molar-refractivity contribution in [3.8, 4) is 16.8 Å². The van der Waals surface area contributed by atoms with Gasteiger partial charge in [0.05, 0.1) is 21.6 Å². The molecular formula is C58H38N2S. The number of rotatable bonds is 5. The minimum absolute atomic E-state index is 1.02. The standard InChI is InChI=1S/C58H38N2S/c1-2-15-42-38(13-1)14-11-24-53(42)60-54-23-9-7-20-48(54)52-35-39(29-34-55(52)60)37-27-30-40(31-28-37)59(56-25-12-22-50-49-21-8-10-26-57(49)61-58(50)56)41-32-33-47-45-18-4-3-16-43(45)44-17-5-6-19-46(44)51(47)36-41/h1-8,10-22,24-36H,9,23H2. The number of hydrogen-bond donors (Lipinski definition) is 0. The second-order valence-electron chi connectivity index (χ2n) is 16.3. The average Bonchev–Trinajstić information content (AvgIpc) is 3.88. The summed E-state index contributed by atoms with van der Waals surface area (Å²) in [5, 5.41) is 14.1. The number of aromatic nitrogens is 1. The highest BCUT2D eigenvalue weighted by atomic mass is 32.1. The number of benzene rings is 10. The third kappa shape index (κ3) is 5.27. The SMILES string of the molecule is C1=Cc2c(n(-c3cccc4ccccc34)c3ccc(-c4ccc(N(c5ccc6c7ccccc7c7ccccc7c6c5)c5cccc6c5sc5ccccc56)cc4)cc23)CC1. The smallest absolute Gasteiger partial charge is 0.0640 e. The van der Waals surface area contributed by atoms with Gasteiger partial charge in [-0.2, -0.15) is 0 Å².